The Morgan fingerprint density at radius 2 is 1.95 bits per heavy atom. The number of nitrogens with zero attached hydrogens (tertiary/aromatic N) is 1. The summed E-state index contributed by atoms with van der Waals surface area (Å²) >= 11 is 3.60. The predicted molar refractivity (Wildman–Crippen MR) is 88.2 cm³/mol. The standard InChI is InChI=1S/C18H20BrN/c1-12-7-13(2)17-10-20(3)11-18(16(17)8-12)14-5-4-6-15(19)9-14/h4-9,18H,10-11H2,1-3H3. The lowest BCUT2D eigenvalue weighted by Crippen LogP contribution is -2.31. The molecule has 0 amide bonds. The Morgan fingerprint density at radius 1 is 1.15 bits per heavy atom. The van der Waals surface area contributed by atoms with Crippen LogP contribution in [0.1, 0.15) is 33.7 Å². The zero-order valence-electron chi connectivity index (χ0n) is 12.3. The first-order valence-corrected chi connectivity index (χ1v) is 7.88. The average Bonchev–Trinajstić information content (AvgIpc) is 2.39. The molecule has 0 saturated heterocycles. The van der Waals surface area contributed by atoms with Crippen molar-refractivity contribution in [2.45, 2.75) is 26.3 Å². The van der Waals surface area contributed by atoms with Crippen molar-refractivity contribution < 1.29 is 0 Å². The molecule has 0 aliphatic carbocycles. The molecule has 2 aromatic carbocycles. The molecule has 1 aliphatic rings. The van der Waals surface area contributed by atoms with Crippen molar-refractivity contribution in [1.29, 1.82) is 0 Å². The normalized spacial score (nSPS) is 18.9. The number of benzene rings is 2. The van der Waals surface area contributed by atoms with Crippen molar-refractivity contribution in [2.75, 3.05) is 13.6 Å². The Hall–Kier alpha value is -1.12. The van der Waals surface area contributed by atoms with Gasteiger partial charge in [-0.15, -0.1) is 0 Å². The molecular formula is C18H20BrN. The van der Waals surface area contributed by atoms with E-state index >= 15 is 0 Å². The summed E-state index contributed by atoms with van der Waals surface area (Å²) in [7, 11) is 2.22. The van der Waals surface area contributed by atoms with E-state index in [0.717, 1.165) is 17.6 Å². The highest BCUT2D eigenvalue weighted by molar-refractivity contribution is 9.10. The molecule has 0 saturated carbocycles. The van der Waals surface area contributed by atoms with Gasteiger partial charge in [-0.2, -0.15) is 0 Å². The summed E-state index contributed by atoms with van der Waals surface area (Å²) in [5, 5.41) is 0. The highest BCUT2D eigenvalue weighted by Gasteiger charge is 2.26. The van der Waals surface area contributed by atoms with E-state index in [0.29, 0.717) is 5.92 Å². The highest BCUT2D eigenvalue weighted by Crippen LogP contribution is 2.36. The van der Waals surface area contributed by atoms with Crippen LogP contribution in [0.25, 0.3) is 0 Å². The molecule has 1 aliphatic heterocycles. The fraction of sp³-hybridized carbons (Fsp3) is 0.333. The summed E-state index contributed by atoms with van der Waals surface area (Å²) in [4.78, 5) is 2.43. The number of rotatable bonds is 1. The van der Waals surface area contributed by atoms with Crippen molar-refractivity contribution in [1.82, 2.24) is 4.90 Å². The Morgan fingerprint density at radius 3 is 2.70 bits per heavy atom. The molecule has 104 valence electrons. The lowest BCUT2D eigenvalue weighted by Gasteiger charge is -2.34. The molecule has 0 radical (unpaired) electrons. The van der Waals surface area contributed by atoms with Crippen molar-refractivity contribution in [3.63, 3.8) is 0 Å². The van der Waals surface area contributed by atoms with Gasteiger partial charge in [0.1, 0.15) is 0 Å². The molecule has 2 heteroatoms. The molecule has 0 bridgehead atoms. The van der Waals surface area contributed by atoms with Gasteiger partial charge in [0.05, 0.1) is 0 Å². The monoisotopic (exact) mass is 329 g/mol. The fourth-order valence-electron chi connectivity index (χ4n) is 3.31. The minimum absolute atomic E-state index is 0.472. The molecule has 2 aromatic rings. The fourth-order valence-corrected chi connectivity index (χ4v) is 3.73. The second-order valence-corrected chi connectivity index (χ2v) is 6.87. The molecule has 0 aromatic heterocycles. The summed E-state index contributed by atoms with van der Waals surface area (Å²) in [6.45, 7) is 6.59. The molecule has 1 heterocycles. The smallest absolute Gasteiger partial charge is 0.0236 e. The van der Waals surface area contributed by atoms with Gasteiger partial charge in [-0.05, 0) is 55.3 Å². The number of halogens is 1. The van der Waals surface area contributed by atoms with Crippen molar-refractivity contribution in [3.8, 4) is 0 Å². The Balaban J connectivity index is 2.15. The molecule has 1 atom stereocenters. The maximum absolute atomic E-state index is 3.60. The zero-order valence-corrected chi connectivity index (χ0v) is 13.9. The van der Waals surface area contributed by atoms with Gasteiger partial charge in [0.2, 0.25) is 0 Å². The molecule has 0 fully saturated rings. The van der Waals surface area contributed by atoms with E-state index in [1.54, 1.807) is 0 Å². The van der Waals surface area contributed by atoms with Crippen LogP contribution in [0.3, 0.4) is 0 Å². The third kappa shape index (κ3) is 2.55. The molecule has 1 unspecified atom stereocenters. The Kier molecular flexibility index (Phi) is 3.70. The molecule has 20 heavy (non-hydrogen) atoms. The maximum Gasteiger partial charge on any atom is 0.0236 e. The molecular weight excluding hydrogens is 310 g/mol. The van der Waals surface area contributed by atoms with Gasteiger partial charge in [0, 0.05) is 23.5 Å². The second kappa shape index (κ2) is 5.34. The lowest BCUT2D eigenvalue weighted by atomic mass is 9.82. The van der Waals surface area contributed by atoms with Crippen LogP contribution in [0.5, 0.6) is 0 Å². The van der Waals surface area contributed by atoms with Gasteiger partial charge in [-0.3, -0.25) is 0 Å². The van der Waals surface area contributed by atoms with Crippen LogP contribution in [-0.2, 0) is 6.54 Å². The van der Waals surface area contributed by atoms with E-state index in [-0.39, 0.29) is 0 Å². The van der Waals surface area contributed by atoms with Crippen LogP contribution in [-0.4, -0.2) is 18.5 Å². The lowest BCUT2D eigenvalue weighted by molar-refractivity contribution is 0.294. The Bertz CT molecular complexity index is 648. The van der Waals surface area contributed by atoms with E-state index in [9.17, 15) is 0 Å². The quantitative estimate of drug-likeness (QED) is 0.736. The van der Waals surface area contributed by atoms with E-state index in [1.165, 1.54) is 27.8 Å². The van der Waals surface area contributed by atoms with Gasteiger partial charge >= 0.3 is 0 Å². The highest BCUT2D eigenvalue weighted by atomic mass is 79.9. The van der Waals surface area contributed by atoms with Gasteiger partial charge in [0.25, 0.3) is 0 Å². The number of likely N-dealkylation sites (N-methyl/N-ethyl adjacent to an activating group) is 1. The minimum Gasteiger partial charge on any atom is -0.301 e. The number of hydrogen-bond donors (Lipinski definition) is 0. The topological polar surface area (TPSA) is 3.24 Å². The number of aryl methyl sites for hydroxylation is 2. The van der Waals surface area contributed by atoms with Crippen LogP contribution in [0, 0.1) is 13.8 Å². The summed E-state index contributed by atoms with van der Waals surface area (Å²) < 4.78 is 1.16. The van der Waals surface area contributed by atoms with Crippen molar-refractivity contribution in [3.05, 3.63) is 68.7 Å². The maximum atomic E-state index is 3.60. The van der Waals surface area contributed by atoms with Gasteiger partial charge in [-0.25, -0.2) is 0 Å². The second-order valence-electron chi connectivity index (χ2n) is 5.95. The average molecular weight is 330 g/mol. The predicted octanol–water partition coefficient (Wildman–Crippen LogP) is 4.64. The molecule has 3 rings (SSSR count). The van der Waals surface area contributed by atoms with Gasteiger partial charge < -0.3 is 4.90 Å². The molecule has 1 nitrogen and oxygen atoms in total. The minimum atomic E-state index is 0.472. The summed E-state index contributed by atoms with van der Waals surface area (Å²) in [5.41, 5.74) is 7.21. The van der Waals surface area contributed by atoms with E-state index in [4.69, 9.17) is 0 Å². The number of hydrogen-bond acceptors (Lipinski definition) is 1. The van der Waals surface area contributed by atoms with E-state index < -0.39 is 0 Å². The van der Waals surface area contributed by atoms with Crippen LogP contribution in [0.4, 0.5) is 0 Å². The summed E-state index contributed by atoms with van der Waals surface area (Å²) in [6.07, 6.45) is 0. The first-order chi connectivity index (χ1) is 9.54. The summed E-state index contributed by atoms with van der Waals surface area (Å²) in [5.74, 6) is 0.472. The van der Waals surface area contributed by atoms with Crippen LogP contribution in [0.2, 0.25) is 0 Å². The zero-order chi connectivity index (χ0) is 14.3. The first kappa shape index (κ1) is 13.8. The van der Waals surface area contributed by atoms with Crippen LogP contribution >= 0.6 is 15.9 Å². The van der Waals surface area contributed by atoms with Crippen LogP contribution in [0.15, 0.2) is 40.9 Å². The SMILES string of the molecule is Cc1cc(C)c2c(c1)C(c1cccc(Br)c1)CN(C)C2. The summed E-state index contributed by atoms with van der Waals surface area (Å²) in [6, 6.07) is 13.4. The Labute approximate surface area is 129 Å². The third-order valence-corrected chi connectivity index (χ3v) is 4.69. The van der Waals surface area contributed by atoms with Gasteiger partial charge in [0.15, 0.2) is 0 Å². The molecule has 0 spiro atoms. The first-order valence-electron chi connectivity index (χ1n) is 7.08. The van der Waals surface area contributed by atoms with E-state index in [1.807, 2.05) is 0 Å². The van der Waals surface area contributed by atoms with Crippen molar-refractivity contribution >= 4 is 15.9 Å². The van der Waals surface area contributed by atoms with E-state index in [2.05, 4.69) is 78.1 Å². The van der Waals surface area contributed by atoms with Gasteiger partial charge in [-0.1, -0.05) is 45.8 Å². The molecule has 0 N–H and O–H groups in total. The largest absolute Gasteiger partial charge is 0.301 e. The van der Waals surface area contributed by atoms with Crippen LogP contribution < -0.4 is 0 Å². The third-order valence-electron chi connectivity index (χ3n) is 4.20. The number of fused-ring (bicyclic) bond motifs is 1. The van der Waals surface area contributed by atoms with Crippen molar-refractivity contribution in [2.24, 2.45) is 0 Å².